The van der Waals surface area contributed by atoms with Crippen LogP contribution in [0.1, 0.15) is 33.6 Å². The van der Waals surface area contributed by atoms with E-state index in [0.29, 0.717) is 19.4 Å². The van der Waals surface area contributed by atoms with Gasteiger partial charge < -0.3 is 16.4 Å². The van der Waals surface area contributed by atoms with Gasteiger partial charge in [0, 0.05) is 6.54 Å². The van der Waals surface area contributed by atoms with Gasteiger partial charge in [0.1, 0.15) is 6.04 Å². The molecule has 0 aliphatic rings. The van der Waals surface area contributed by atoms with Gasteiger partial charge >= 0.3 is 6.03 Å². The van der Waals surface area contributed by atoms with Crippen molar-refractivity contribution in [3.8, 4) is 0 Å². The maximum Gasteiger partial charge on any atom is 0.312 e. The number of rotatable bonds is 9. The summed E-state index contributed by atoms with van der Waals surface area (Å²) >= 11 is 0. The summed E-state index contributed by atoms with van der Waals surface area (Å²) < 4.78 is 0. The molecule has 8 heteroatoms. The molecule has 0 saturated carbocycles. The second kappa shape index (κ2) is 9.27. The number of hydrogen-bond acceptors (Lipinski definition) is 5. The molecule has 0 bridgehead atoms. The number of nitrogens with two attached hydrogens (primary N) is 2. The zero-order chi connectivity index (χ0) is 15.7. The second-order valence-corrected chi connectivity index (χ2v) is 4.99. The van der Waals surface area contributed by atoms with Crippen molar-refractivity contribution in [3.63, 3.8) is 0 Å². The average Bonchev–Trinajstić information content (AvgIpc) is 2.32. The number of nitrogens with one attached hydrogen (secondary N) is 3. The minimum Gasteiger partial charge on any atom is -0.352 e. The molecule has 0 heterocycles. The van der Waals surface area contributed by atoms with Crippen molar-refractivity contribution in [2.75, 3.05) is 6.54 Å². The quantitative estimate of drug-likeness (QED) is 0.210. The summed E-state index contributed by atoms with van der Waals surface area (Å²) in [5.41, 5.74) is 7.36. The summed E-state index contributed by atoms with van der Waals surface area (Å²) in [6, 6.07) is -1.76. The summed E-state index contributed by atoms with van der Waals surface area (Å²) in [5, 5.41) is 5.09. The molecule has 116 valence electrons. The highest BCUT2D eigenvalue weighted by Crippen LogP contribution is 2.04. The van der Waals surface area contributed by atoms with Gasteiger partial charge in [-0.05, 0) is 25.7 Å². The van der Waals surface area contributed by atoms with Gasteiger partial charge in [-0.15, -0.1) is 0 Å². The zero-order valence-electron chi connectivity index (χ0n) is 12.2. The third-order valence-electron chi connectivity index (χ3n) is 2.90. The number of urea groups is 1. The largest absolute Gasteiger partial charge is 0.352 e. The number of carbonyl (C=O) groups excluding carboxylic acids is 3. The van der Waals surface area contributed by atoms with E-state index in [1.807, 2.05) is 13.8 Å². The van der Waals surface area contributed by atoms with Gasteiger partial charge in [-0.2, -0.15) is 0 Å². The molecular formula is C12H25N5O3. The molecular weight excluding hydrogens is 262 g/mol. The number of ketones is 1. The molecule has 0 saturated heterocycles. The Kier molecular flexibility index (Phi) is 8.49. The van der Waals surface area contributed by atoms with Crippen LogP contribution in [-0.4, -0.2) is 36.3 Å². The van der Waals surface area contributed by atoms with Crippen LogP contribution in [0.4, 0.5) is 4.79 Å². The van der Waals surface area contributed by atoms with Crippen LogP contribution in [0.25, 0.3) is 0 Å². The van der Waals surface area contributed by atoms with Crippen LogP contribution in [0, 0.1) is 5.92 Å². The molecule has 0 aromatic rings. The molecule has 0 aromatic carbocycles. The molecule has 2 atom stereocenters. The Bertz CT molecular complexity index is 346. The molecule has 0 radical (unpaired) electrons. The monoisotopic (exact) mass is 287 g/mol. The second-order valence-electron chi connectivity index (χ2n) is 4.99. The maximum absolute atomic E-state index is 12.0. The van der Waals surface area contributed by atoms with Crippen molar-refractivity contribution in [1.82, 2.24) is 16.1 Å². The van der Waals surface area contributed by atoms with Crippen LogP contribution in [0.15, 0.2) is 0 Å². The van der Waals surface area contributed by atoms with Crippen LogP contribution < -0.4 is 27.6 Å². The van der Waals surface area contributed by atoms with Gasteiger partial charge in [-0.3, -0.25) is 15.4 Å². The van der Waals surface area contributed by atoms with E-state index in [9.17, 15) is 14.4 Å². The molecule has 0 aromatic heterocycles. The first-order valence-corrected chi connectivity index (χ1v) is 6.59. The fourth-order valence-electron chi connectivity index (χ4n) is 1.73. The summed E-state index contributed by atoms with van der Waals surface area (Å²) in [4.78, 5) is 34.0. The van der Waals surface area contributed by atoms with Crippen LogP contribution in [0.2, 0.25) is 0 Å². The predicted octanol–water partition coefficient (Wildman–Crippen LogP) is -1.00. The van der Waals surface area contributed by atoms with Gasteiger partial charge in [0.25, 0.3) is 0 Å². The van der Waals surface area contributed by atoms with Crippen LogP contribution in [0.5, 0.6) is 0 Å². The number of Topliss-reactive ketones (excluding diaryl/α,β-unsaturated/α-hetero) is 1. The van der Waals surface area contributed by atoms with E-state index in [1.165, 1.54) is 6.92 Å². The van der Waals surface area contributed by atoms with Crippen molar-refractivity contribution < 1.29 is 14.4 Å². The first kappa shape index (κ1) is 18.3. The van der Waals surface area contributed by atoms with E-state index in [-0.39, 0.29) is 17.6 Å². The number of amides is 3. The highest BCUT2D eigenvalue weighted by atomic mass is 16.2. The van der Waals surface area contributed by atoms with E-state index in [4.69, 9.17) is 11.6 Å². The lowest BCUT2D eigenvalue weighted by molar-refractivity contribution is -0.129. The van der Waals surface area contributed by atoms with E-state index in [2.05, 4.69) is 16.1 Å². The highest BCUT2D eigenvalue weighted by molar-refractivity contribution is 5.89. The number of primary amides is 1. The molecule has 0 aliphatic carbocycles. The average molecular weight is 287 g/mol. The fourth-order valence-corrected chi connectivity index (χ4v) is 1.73. The van der Waals surface area contributed by atoms with Gasteiger partial charge in [0.05, 0.1) is 6.04 Å². The zero-order valence-corrected chi connectivity index (χ0v) is 12.2. The highest BCUT2D eigenvalue weighted by Gasteiger charge is 2.24. The van der Waals surface area contributed by atoms with Crippen LogP contribution in [0.3, 0.4) is 0 Å². The van der Waals surface area contributed by atoms with Crippen LogP contribution >= 0.6 is 0 Å². The van der Waals surface area contributed by atoms with E-state index < -0.39 is 18.1 Å². The van der Waals surface area contributed by atoms with Gasteiger partial charge in [-0.25, -0.2) is 10.2 Å². The summed E-state index contributed by atoms with van der Waals surface area (Å²) in [6.45, 7) is 5.47. The topological polar surface area (TPSA) is 139 Å². The third kappa shape index (κ3) is 7.05. The van der Waals surface area contributed by atoms with Crippen molar-refractivity contribution in [1.29, 1.82) is 0 Å². The Morgan fingerprint density at radius 2 is 1.80 bits per heavy atom. The molecule has 0 fully saturated rings. The Hall–Kier alpha value is -1.67. The Balaban J connectivity index is 4.36. The fraction of sp³-hybridized carbons (Fsp3) is 0.750. The number of hydrogen-bond donors (Lipinski definition) is 5. The molecule has 7 N–H and O–H groups in total. The van der Waals surface area contributed by atoms with Crippen molar-refractivity contribution >= 4 is 17.7 Å². The molecule has 0 spiro atoms. The predicted molar refractivity (Wildman–Crippen MR) is 75.4 cm³/mol. The summed E-state index contributed by atoms with van der Waals surface area (Å²) in [5.74, 6) is 4.87. The van der Waals surface area contributed by atoms with E-state index in [0.717, 1.165) is 0 Å². The smallest absolute Gasteiger partial charge is 0.312 e. The lowest BCUT2D eigenvalue weighted by atomic mass is 10.0. The molecule has 8 nitrogen and oxygen atoms in total. The molecule has 20 heavy (non-hydrogen) atoms. The SMILES string of the molecule is CC(=O)[C@H](CCCNC(N)=O)NC(=O)[C@@H](NN)C(C)C. The first-order chi connectivity index (χ1) is 9.29. The lowest BCUT2D eigenvalue weighted by Crippen LogP contribution is -2.54. The minimum absolute atomic E-state index is 0.00383. The Morgan fingerprint density at radius 1 is 1.20 bits per heavy atom. The third-order valence-corrected chi connectivity index (χ3v) is 2.90. The van der Waals surface area contributed by atoms with Gasteiger partial charge in [0.2, 0.25) is 5.91 Å². The van der Waals surface area contributed by atoms with Crippen LogP contribution in [-0.2, 0) is 9.59 Å². The summed E-state index contributed by atoms with van der Waals surface area (Å²) in [7, 11) is 0. The van der Waals surface area contributed by atoms with Gasteiger partial charge in [0.15, 0.2) is 5.78 Å². The summed E-state index contributed by atoms with van der Waals surface area (Å²) in [6.07, 6.45) is 0.965. The molecule has 0 unspecified atom stereocenters. The Morgan fingerprint density at radius 3 is 2.20 bits per heavy atom. The minimum atomic E-state index is -0.611. The van der Waals surface area contributed by atoms with Crippen molar-refractivity contribution in [3.05, 3.63) is 0 Å². The van der Waals surface area contributed by atoms with Crippen molar-refractivity contribution in [2.24, 2.45) is 17.5 Å². The first-order valence-electron chi connectivity index (χ1n) is 6.59. The molecule has 0 aliphatic heterocycles. The maximum atomic E-state index is 12.0. The Labute approximate surface area is 119 Å². The number of hydrazine groups is 1. The normalized spacial score (nSPS) is 13.7. The lowest BCUT2D eigenvalue weighted by Gasteiger charge is -2.23. The molecule has 3 amide bonds. The standard InChI is InChI=1S/C12H25N5O3/c1-7(2)10(17-14)11(19)16-9(8(3)18)5-4-6-15-12(13)20/h7,9-10,17H,4-6,14H2,1-3H3,(H,16,19)(H3,13,15,20)/t9-,10-/m0/s1. The van der Waals surface area contributed by atoms with Crippen molar-refractivity contribution in [2.45, 2.75) is 45.7 Å². The van der Waals surface area contributed by atoms with Gasteiger partial charge in [-0.1, -0.05) is 13.8 Å². The van der Waals surface area contributed by atoms with E-state index >= 15 is 0 Å². The number of carbonyl (C=O) groups is 3. The van der Waals surface area contributed by atoms with E-state index in [1.54, 1.807) is 0 Å². The molecule has 0 rings (SSSR count).